The van der Waals surface area contributed by atoms with Gasteiger partial charge in [0.15, 0.2) is 0 Å². The number of ketones is 1. The summed E-state index contributed by atoms with van der Waals surface area (Å²) in [7, 11) is 1.77. The van der Waals surface area contributed by atoms with Crippen molar-refractivity contribution in [3.63, 3.8) is 0 Å². The molecule has 122 valence electrons. The lowest BCUT2D eigenvalue weighted by atomic mass is 9.77. The fourth-order valence-electron chi connectivity index (χ4n) is 5.23. The average Bonchev–Trinajstić information content (AvgIpc) is 2.93. The Balaban J connectivity index is 1.45. The van der Waals surface area contributed by atoms with E-state index in [1.807, 2.05) is 11.8 Å². The molecule has 6 unspecified atom stereocenters. The summed E-state index contributed by atoms with van der Waals surface area (Å²) in [6.07, 6.45) is 5.11. The van der Waals surface area contributed by atoms with Gasteiger partial charge in [0.25, 0.3) is 0 Å². The molecule has 2 bridgehead atoms. The van der Waals surface area contributed by atoms with Gasteiger partial charge >= 0.3 is 5.97 Å². The van der Waals surface area contributed by atoms with E-state index in [2.05, 4.69) is 0 Å². The SMILES string of the molecule is COC1C2SC3C(OC(=O)C4CCCCC4C(C)=O)[C@@H]1C[C@@H]23. The van der Waals surface area contributed by atoms with Crippen LogP contribution in [0.4, 0.5) is 0 Å². The zero-order valence-corrected chi connectivity index (χ0v) is 14.0. The Morgan fingerprint density at radius 1 is 1.00 bits per heavy atom. The molecule has 4 nitrogen and oxygen atoms in total. The Morgan fingerprint density at radius 2 is 1.68 bits per heavy atom. The highest BCUT2D eigenvalue weighted by Crippen LogP contribution is 2.65. The summed E-state index contributed by atoms with van der Waals surface area (Å²) in [5.41, 5.74) is 0. The van der Waals surface area contributed by atoms with E-state index in [1.54, 1.807) is 14.0 Å². The number of esters is 1. The molecule has 4 aliphatic rings. The number of hydrogen-bond donors (Lipinski definition) is 0. The van der Waals surface area contributed by atoms with Gasteiger partial charge in [-0.25, -0.2) is 0 Å². The van der Waals surface area contributed by atoms with Crippen LogP contribution in [0.15, 0.2) is 0 Å². The third-order valence-electron chi connectivity index (χ3n) is 6.31. The first-order valence-corrected chi connectivity index (χ1v) is 9.45. The summed E-state index contributed by atoms with van der Waals surface area (Å²) < 4.78 is 11.6. The third-order valence-corrected chi connectivity index (χ3v) is 8.17. The maximum Gasteiger partial charge on any atom is 0.309 e. The van der Waals surface area contributed by atoms with Gasteiger partial charge in [-0.1, -0.05) is 12.8 Å². The monoisotopic (exact) mass is 324 g/mol. The van der Waals surface area contributed by atoms with Crippen LogP contribution in [0.2, 0.25) is 0 Å². The van der Waals surface area contributed by atoms with Crippen molar-refractivity contribution in [3.05, 3.63) is 0 Å². The van der Waals surface area contributed by atoms with Gasteiger partial charge in [0.05, 0.1) is 12.0 Å². The van der Waals surface area contributed by atoms with E-state index in [0.717, 1.165) is 32.1 Å². The summed E-state index contributed by atoms with van der Waals surface area (Å²) in [5, 5.41) is 1.10. The normalized spacial score (nSPS) is 48.8. The van der Waals surface area contributed by atoms with E-state index >= 15 is 0 Å². The lowest BCUT2D eigenvalue weighted by molar-refractivity contribution is -0.164. The molecule has 0 N–H and O–H groups in total. The van der Waals surface area contributed by atoms with Crippen molar-refractivity contribution in [2.45, 2.75) is 61.7 Å². The van der Waals surface area contributed by atoms with Crippen LogP contribution in [0.25, 0.3) is 0 Å². The van der Waals surface area contributed by atoms with Crippen LogP contribution in [0, 0.1) is 23.7 Å². The zero-order valence-electron chi connectivity index (χ0n) is 13.2. The highest BCUT2D eigenvalue weighted by Gasteiger charge is 2.68. The molecule has 0 amide bonds. The molecule has 0 aromatic heterocycles. The Bertz CT molecular complexity index is 493. The van der Waals surface area contributed by atoms with Crippen LogP contribution < -0.4 is 0 Å². The van der Waals surface area contributed by atoms with E-state index in [-0.39, 0.29) is 35.8 Å². The topological polar surface area (TPSA) is 52.6 Å². The van der Waals surface area contributed by atoms with E-state index in [1.165, 1.54) is 0 Å². The van der Waals surface area contributed by atoms with Crippen LogP contribution in [0.3, 0.4) is 0 Å². The molecular weight excluding hydrogens is 300 g/mol. The predicted octanol–water partition coefficient (Wildman–Crippen LogP) is 2.44. The van der Waals surface area contributed by atoms with Crippen LogP contribution in [-0.2, 0) is 19.1 Å². The van der Waals surface area contributed by atoms with Gasteiger partial charge in [0, 0.05) is 29.4 Å². The molecule has 0 radical (unpaired) electrons. The lowest BCUT2D eigenvalue weighted by Crippen LogP contribution is -2.56. The van der Waals surface area contributed by atoms with Crippen molar-refractivity contribution in [1.82, 2.24) is 0 Å². The van der Waals surface area contributed by atoms with Crippen LogP contribution in [-0.4, -0.2) is 41.6 Å². The second-order valence-electron chi connectivity index (χ2n) is 7.34. The van der Waals surface area contributed by atoms with Crippen molar-refractivity contribution in [2.24, 2.45) is 23.7 Å². The largest absolute Gasteiger partial charge is 0.461 e. The molecule has 8 atom stereocenters. The van der Waals surface area contributed by atoms with Gasteiger partial charge in [-0.2, -0.15) is 0 Å². The van der Waals surface area contributed by atoms with Crippen molar-refractivity contribution in [1.29, 1.82) is 0 Å². The molecule has 4 rings (SSSR count). The number of rotatable bonds is 4. The van der Waals surface area contributed by atoms with Gasteiger partial charge in [0.2, 0.25) is 0 Å². The molecule has 5 heteroatoms. The quantitative estimate of drug-likeness (QED) is 0.744. The predicted molar refractivity (Wildman–Crippen MR) is 83.6 cm³/mol. The summed E-state index contributed by atoms with van der Waals surface area (Å²) in [6.45, 7) is 1.61. The number of carbonyl (C=O) groups excluding carboxylic acids is 2. The number of fused-ring (bicyclic) bond motifs is 1. The van der Waals surface area contributed by atoms with Gasteiger partial charge in [-0.05, 0) is 32.1 Å². The second-order valence-corrected chi connectivity index (χ2v) is 8.70. The summed E-state index contributed by atoms with van der Waals surface area (Å²) >= 11 is 1.93. The van der Waals surface area contributed by atoms with Crippen LogP contribution in [0.1, 0.15) is 39.0 Å². The van der Waals surface area contributed by atoms with Gasteiger partial charge < -0.3 is 9.47 Å². The molecule has 0 aromatic rings. The summed E-state index contributed by atoms with van der Waals surface area (Å²) in [6, 6.07) is 0. The van der Waals surface area contributed by atoms with E-state index in [9.17, 15) is 9.59 Å². The molecule has 0 spiro atoms. The average molecular weight is 324 g/mol. The van der Waals surface area contributed by atoms with Crippen molar-refractivity contribution < 1.29 is 19.1 Å². The zero-order chi connectivity index (χ0) is 15.4. The van der Waals surface area contributed by atoms with E-state index < -0.39 is 0 Å². The molecule has 3 saturated carbocycles. The first kappa shape index (κ1) is 15.0. The molecule has 4 fully saturated rings. The van der Waals surface area contributed by atoms with E-state index in [0.29, 0.717) is 22.3 Å². The van der Waals surface area contributed by atoms with Crippen molar-refractivity contribution in [2.75, 3.05) is 7.11 Å². The molecule has 3 aliphatic carbocycles. The summed E-state index contributed by atoms with van der Waals surface area (Å²) in [4.78, 5) is 24.5. The molecule has 1 saturated heterocycles. The number of carbonyl (C=O) groups is 2. The highest BCUT2D eigenvalue weighted by atomic mass is 32.2. The minimum atomic E-state index is -0.216. The molecule has 1 aliphatic heterocycles. The van der Waals surface area contributed by atoms with Gasteiger partial charge in [-0.3, -0.25) is 9.59 Å². The fraction of sp³-hybridized carbons (Fsp3) is 0.882. The summed E-state index contributed by atoms with van der Waals surface area (Å²) in [5.74, 6) is 0.716. The molecular formula is C17H24O4S. The maximum absolute atomic E-state index is 12.7. The lowest BCUT2D eigenvalue weighted by Gasteiger charge is -2.49. The maximum atomic E-state index is 12.7. The molecule has 0 aromatic carbocycles. The number of ether oxygens (including phenoxy) is 2. The smallest absolute Gasteiger partial charge is 0.309 e. The Labute approximate surface area is 135 Å². The fourth-order valence-corrected chi connectivity index (χ4v) is 7.17. The first-order chi connectivity index (χ1) is 10.6. The van der Waals surface area contributed by atoms with Gasteiger partial charge in [0.1, 0.15) is 11.9 Å². The first-order valence-electron chi connectivity index (χ1n) is 8.51. The third kappa shape index (κ3) is 2.08. The molecule has 1 heterocycles. The number of methoxy groups -OCH3 is 1. The Hall–Kier alpha value is -0.550. The number of Topliss-reactive ketones (excluding diaryl/α,β-unsaturated/α-hetero) is 1. The second kappa shape index (κ2) is 5.52. The highest BCUT2D eigenvalue weighted by molar-refractivity contribution is 8.02. The van der Waals surface area contributed by atoms with Crippen molar-refractivity contribution >= 4 is 23.5 Å². The molecule has 22 heavy (non-hydrogen) atoms. The van der Waals surface area contributed by atoms with Gasteiger partial charge in [-0.15, -0.1) is 11.8 Å². The minimum absolute atomic E-state index is 0.00647. The van der Waals surface area contributed by atoms with Crippen LogP contribution >= 0.6 is 11.8 Å². The van der Waals surface area contributed by atoms with E-state index in [4.69, 9.17) is 9.47 Å². The number of hydrogen-bond acceptors (Lipinski definition) is 5. The number of thioether (sulfide) groups is 1. The minimum Gasteiger partial charge on any atom is -0.461 e. The van der Waals surface area contributed by atoms with Crippen molar-refractivity contribution in [3.8, 4) is 0 Å². The van der Waals surface area contributed by atoms with Crippen LogP contribution in [0.5, 0.6) is 0 Å². The standard InChI is InChI=1S/C17H24O4S/c1-8(18)9-5-3-4-6-10(9)17(19)21-14-11-7-12-15(13(11)20-2)22-16(12)14/h9-16H,3-7H2,1-2H3/t9?,10?,11-,12+,13?,14?,15?,16?/m1/s1. The Kier molecular flexibility index (Phi) is 3.76. The Morgan fingerprint density at radius 3 is 2.32 bits per heavy atom.